The molecule has 2 aliphatic rings. The number of hydrogen-bond donors (Lipinski definition) is 1. The molecule has 1 atom stereocenters. The molecule has 2 aromatic carbocycles. The Balaban J connectivity index is 0.00000353. The van der Waals surface area contributed by atoms with Crippen molar-refractivity contribution < 1.29 is 18.0 Å². The Kier molecular flexibility index (Phi) is 8.83. The molecule has 9 nitrogen and oxygen atoms in total. The Hall–Kier alpha value is -3.15. The summed E-state index contributed by atoms with van der Waals surface area (Å²) in [5.74, 6) is -0.544. The maximum absolute atomic E-state index is 13.5. The fourth-order valence-corrected chi connectivity index (χ4v) is 6.92. The Morgan fingerprint density at radius 2 is 1.67 bits per heavy atom. The number of amides is 2. The summed E-state index contributed by atoms with van der Waals surface area (Å²) in [4.78, 5) is 33.7. The first-order valence-electron chi connectivity index (χ1n) is 13.0. The first-order valence-corrected chi connectivity index (χ1v) is 14.4. The van der Waals surface area contributed by atoms with Gasteiger partial charge >= 0.3 is 0 Å². The molecule has 208 valence electrons. The molecule has 5 rings (SSSR count). The molecule has 11 heteroatoms. The Morgan fingerprint density at radius 1 is 0.974 bits per heavy atom. The van der Waals surface area contributed by atoms with Crippen LogP contribution >= 0.6 is 13.5 Å². The summed E-state index contributed by atoms with van der Waals surface area (Å²) in [6.45, 7) is 6.60. The number of carbonyl (C=O) groups excluding carboxylic acids is 2. The van der Waals surface area contributed by atoms with Crippen LogP contribution in [0.5, 0.6) is 0 Å². The molecule has 3 heterocycles. The van der Waals surface area contributed by atoms with Crippen LogP contribution < -0.4 is 10.2 Å². The van der Waals surface area contributed by atoms with E-state index in [1.54, 1.807) is 12.1 Å². The summed E-state index contributed by atoms with van der Waals surface area (Å²) in [7, 11) is -3.74. The Bertz CT molecular complexity index is 1450. The van der Waals surface area contributed by atoms with Crippen molar-refractivity contribution in [1.29, 1.82) is 0 Å². The molecule has 0 unspecified atom stereocenters. The van der Waals surface area contributed by atoms with Gasteiger partial charge in [-0.1, -0.05) is 18.2 Å². The van der Waals surface area contributed by atoms with Gasteiger partial charge in [-0.15, -0.1) is 0 Å². The highest BCUT2D eigenvalue weighted by Crippen LogP contribution is 2.29. The van der Waals surface area contributed by atoms with Crippen molar-refractivity contribution in [2.75, 3.05) is 49.5 Å². The van der Waals surface area contributed by atoms with E-state index in [2.05, 4.69) is 27.3 Å². The molecular weight excluding hydrogens is 534 g/mol. The molecule has 39 heavy (non-hydrogen) atoms. The highest BCUT2D eigenvalue weighted by molar-refractivity contribution is 7.89. The van der Waals surface area contributed by atoms with Crippen LogP contribution in [-0.2, 0) is 19.6 Å². The van der Waals surface area contributed by atoms with Crippen molar-refractivity contribution in [1.82, 2.24) is 14.2 Å². The summed E-state index contributed by atoms with van der Waals surface area (Å²) in [6.07, 6.45) is 1.32. The number of carbonyl (C=O) groups is 2. The number of benzene rings is 2. The minimum atomic E-state index is -3.74. The Morgan fingerprint density at radius 3 is 2.36 bits per heavy atom. The minimum absolute atomic E-state index is 0. The molecule has 0 saturated carbocycles. The average molecular weight is 570 g/mol. The van der Waals surface area contributed by atoms with Crippen molar-refractivity contribution >= 4 is 57.6 Å². The fourth-order valence-electron chi connectivity index (χ4n) is 5.40. The van der Waals surface area contributed by atoms with Crippen LogP contribution in [0.1, 0.15) is 25.5 Å². The number of piperazine rings is 1. The standard InChI is InChI=1S/C28H33N5O4S.H2S/c1-20-18-27(25-7-3-4-8-26(25)29-20)31-14-16-32(17-15-31)28(35)22-6-5-13-33(19-22)38(36,37)24-11-9-23(10-12-24)30-21(2)34;/h3-4,7-12,18,22H,5-6,13-17,19H2,1-2H3,(H,30,34);1H2/t22-;/m0./s1. The van der Waals surface area contributed by atoms with Crippen molar-refractivity contribution in [3.8, 4) is 0 Å². The van der Waals surface area contributed by atoms with Crippen LogP contribution in [0, 0.1) is 12.8 Å². The first kappa shape index (κ1) is 28.8. The lowest BCUT2D eigenvalue weighted by Gasteiger charge is -2.39. The lowest BCUT2D eigenvalue weighted by molar-refractivity contribution is -0.137. The minimum Gasteiger partial charge on any atom is -0.367 e. The number of aromatic nitrogens is 1. The van der Waals surface area contributed by atoms with Crippen molar-refractivity contribution in [3.63, 3.8) is 0 Å². The van der Waals surface area contributed by atoms with E-state index < -0.39 is 10.0 Å². The number of pyridine rings is 1. The summed E-state index contributed by atoms with van der Waals surface area (Å²) in [6, 6.07) is 16.4. The summed E-state index contributed by atoms with van der Waals surface area (Å²) in [5.41, 5.74) is 3.61. The normalized spacial score (nSPS) is 18.5. The quantitative estimate of drug-likeness (QED) is 0.506. The average Bonchev–Trinajstić information content (AvgIpc) is 2.92. The van der Waals surface area contributed by atoms with Gasteiger partial charge in [-0.2, -0.15) is 17.8 Å². The molecular formula is C28H35N5O4S2. The second kappa shape index (κ2) is 11.9. The van der Waals surface area contributed by atoms with E-state index >= 15 is 0 Å². The molecule has 2 fully saturated rings. The van der Waals surface area contributed by atoms with Crippen LogP contribution in [0.2, 0.25) is 0 Å². The molecule has 1 N–H and O–H groups in total. The second-order valence-corrected chi connectivity index (χ2v) is 12.0. The SMILES string of the molecule is CC(=O)Nc1ccc(S(=O)(=O)N2CCC[C@H](C(=O)N3CCN(c4cc(C)nc5ccccc45)CC3)C2)cc1.S. The molecule has 0 bridgehead atoms. The number of anilines is 2. The van der Waals surface area contributed by atoms with Crippen LogP contribution in [-0.4, -0.2) is 73.7 Å². The predicted octanol–water partition coefficient (Wildman–Crippen LogP) is 3.36. The molecule has 1 aromatic heterocycles. The van der Waals surface area contributed by atoms with Gasteiger partial charge in [0.05, 0.1) is 16.3 Å². The monoisotopic (exact) mass is 569 g/mol. The molecule has 2 amide bonds. The zero-order chi connectivity index (χ0) is 26.9. The highest BCUT2D eigenvalue weighted by atomic mass is 32.2. The maximum Gasteiger partial charge on any atom is 0.243 e. The van der Waals surface area contributed by atoms with Gasteiger partial charge in [0.1, 0.15) is 0 Å². The lowest BCUT2D eigenvalue weighted by Crippen LogP contribution is -2.53. The molecule has 2 saturated heterocycles. The van der Waals surface area contributed by atoms with Gasteiger partial charge in [-0.3, -0.25) is 14.6 Å². The number of rotatable bonds is 5. The number of nitrogens with zero attached hydrogens (tertiary/aromatic N) is 4. The largest absolute Gasteiger partial charge is 0.367 e. The van der Waals surface area contributed by atoms with Crippen molar-refractivity contribution in [2.24, 2.45) is 5.92 Å². The van der Waals surface area contributed by atoms with E-state index in [0.717, 1.165) is 22.3 Å². The van der Waals surface area contributed by atoms with E-state index in [9.17, 15) is 18.0 Å². The molecule has 2 aliphatic heterocycles. The number of sulfonamides is 1. The number of nitrogens with one attached hydrogen (secondary N) is 1. The van der Waals surface area contributed by atoms with E-state index in [0.29, 0.717) is 51.3 Å². The third kappa shape index (κ3) is 6.21. The molecule has 0 spiro atoms. The summed E-state index contributed by atoms with van der Waals surface area (Å²) in [5, 5.41) is 3.75. The maximum atomic E-state index is 13.5. The smallest absolute Gasteiger partial charge is 0.243 e. The van der Waals surface area contributed by atoms with E-state index in [1.807, 2.05) is 30.0 Å². The van der Waals surface area contributed by atoms with E-state index in [-0.39, 0.29) is 42.7 Å². The van der Waals surface area contributed by atoms with Crippen LogP contribution in [0.3, 0.4) is 0 Å². The van der Waals surface area contributed by atoms with Gasteiger partial charge in [-0.25, -0.2) is 8.42 Å². The third-order valence-electron chi connectivity index (χ3n) is 7.30. The van der Waals surface area contributed by atoms with Gasteiger partial charge in [-0.05, 0) is 56.2 Å². The number of para-hydroxylation sites is 1. The van der Waals surface area contributed by atoms with E-state index in [1.165, 1.54) is 23.4 Å². The number of fused-ring (bicyclic) bond motifs is 1. The topological polar surface area (TPSA) is 103 Å². The number of aryl methyl sites for hydroxylation is 1. The molecule has 3 aromatic rings. The van der Waals surface area contributed by atoms with E-state index in [4.69, 9.17) is 0 Å². The number of piperidine rings is 1. The highest BCUT2D eigenvalue weighted by Gasteiger charge is 2.36. The van der Waals surface area contributed by atoms with Crippen molar-refractivity contribution in [2.45, 2.75) is 31.6 Å². The zero-order valence-electron chi connectivity index (χ0n) is 22.3. The van der Waals surface area contributed by atoms with Gasteiger partial charge in [0.15, 0.2) is 0 Å². The zero-order valence-corrected chi connectivity index (χ0v) is 24.1. The lowest BCUT2D eigenvalue weighted by atomic mass is 9.97. The first-order chi connectivity index (χ1) is 18.2. The van der Waals surface area contributed by atoms with Gasteiger partial charge in [0, 0.05) is 68.6 Å². The fraction of sp³-hybridized carbons (Fsp3) is 0.393. The Labute approximate surface area is 236 Å². The van der Waals surface area contributed by atoms with Gasteiger partial charge < -0.3 is 15.1 Å². The molecule has 0 radical (unpaired) electrons. The van der Waals surface area contributed by atoms with Gasteiger partial charge in [0.25, 0.3) is 0 Å². The number of hydrogen-bond acceptors (Lipinski definition) is 6. The second-order valence-electron chi connectivity index (χ2n) is 10.0. The summed E-state index contributed by atoms with van der Waals surface area (Å²) >= 11 is 0. The van der Waals surface area contributed by atoms with Gasteiger partial charge in [0.2, 0.25) is 21.8 Å². The molecule has 0 aliphatic carbocycles. The van der Waals surface area contributed by atoms with Crippen LogP contribution in [0.15, 0.2) is 59.5 Å². The predicted molar refractivity (Wildman–Crippen MR) is 158 cm³/mol. The summed E-state index contributed by atoms with van der Waals surface area (Å²) < 4.78 is 28.0. The third-order valence-corrected chi connectivity index (χ3v) is 9.18. The van der Waals surface area contributed by atoms with Crippen molar-refractivity contribution in [3.05, 3.63) is 60.3 Å². The van der Waals surface area contributed by atoms with Crippen LogP contribution in [0.4, 0.5) is 11.4 Å². The van der Waals surface area contributed by atoms with Crippen LogP contribution in [0.25, 0.3) is 10.9 Å².